The number of aromatic nitrogens is 2. The molecule has 0 radical (unpaired) electrons. The van der Waals surface area contributed by atoms with Gasteiger partial charge in [-0.3, -0.25) is 0 Å². The summed E-state index contributed by atoms with van der Waals surface area (Å²) in [5, 5.41) is 8.44. The number of aryl methyl sites for hydroxylation is 1. The number of nitrogens with one attached hydrogen (secondary N) is 1. The first-order valence-electron chi connectivity index (χ1n) is 6.04. The summed E-state index contributed by atoms with van der Waals surface area (Å²) >= 11 is 6.18. The van der Waals surface area contributed by atoms with E-state index in [1.165, 1.54) is 5.56 Å². The van der Waals surface area contributed by atoms with E-state index < -0.39 is 0 Å². The van der Waals surface area contributed by atoms with Gasteiger partial charge in [-0.05, 0) is 45.5 Å². The first-order chi connectivity index (χ1) is 8.54. The normalized spacial score (nSPS) is 12.7. The first-order valence-corrected chi connectivity index (χ1v) is 6.41. The molecule has 0 spiro atoms. The van der Waals surface area contributed by atoms with Crippen LogP contribution in [0.4, 0.5) is 0 Å². The van der Waals surface area contributed by atoms with Gasteiger partial charge in [-0.2, -0.15) is 5.10 Å². The zero-order valence-electron chi connectivity index (χ0n) is 11.2. The van der Waals surface area contributed by atoms with Gasteiger partial charge in [0.05, 0.1) is 22.1 Å². The van der Waals surface area contributed by atoms with E-state index in [-0.39, 0.29) is 0 Å². The number of benzene rings is 1. The Morgan fingerprint density at radius 1 is 1.33 bits per heavy atom. The second-order valence-electron chi connectivity index (χ2n) is 4.50. The minimum Gasteiger partial charge on any atom is -0.313 e. The molecule has 0 saturated heterocycles. The third-order valence-electron chi connectivity index (χ3n) is 3.25. The Hall–Kier alpha value is -1.32. The highest BCUT2D eigenvalue weighted by atomic mass is 35.5. The van der Waals surface area contributed by atoms with Crippen LogP contribution in [0.1, 0.15) is 29.9 Å². The lowest BCUT2D eigenvalue weighted by molar-refractivity contribution is 0.651. The molecular weight excluding hydrogens is 246 g/mol. The summed E-state index contributed by atoms with van der Waals surface area (Å²) < 4.78 is 1.89. The van der Waals surface area contributed by atoms with Crippen molar-refractivity contribution in [2.45, 2.75) is 26.8 Å². The highest BCUT2D eigenvalue weighted by molar-refractivity contribution is 6.31. The van der Waals surface area contributed by atoms with Crippen molar-refractivity contribution in [2.24, 2.45) is 0 Å². The molecule has 1 aromatic carbocycles. The van der Waals surface area contributed by atoms with Crippen LogP contribution in [0.3, 0.4) is 0 Å². The molecule has 0 aliphatic carbocycles. The topological polar surface area (TPSA) is 29.9 Å². The molecule has 3 nitrogen and oxygen atoms in total. The minimum absolute atomic E-state index is 0.317. The number of halogens is 1. The Balaban J connectivity index is 2.48. The van der Waals surface area contributed by atoms with E-state index in [2.05, 4.69) is 29.5 Å². The quantitative estimate of drug-likeness (QED) is 0.920. The summed E-state index contributed by atoms with van der Waals surface area (Å²) in [6.45, 7) is 6.04. The van der Waals surface area contributed by atoms with Crippen LogP contribution in [0.25, 0.3) is 5.69 Å². The number of hydrogen-bond acceptors (Lipinski definition) is 2. The zero-order chi connectivity index (χ0) is 13.3. The highest BCUT2D eigenvalue weighted by Gasteiger charge is 2.11. The molecule has 0 bridgehead atoms. The van der Waals surface area contributed by atoms with Crippen LogP contribution in [0.2, 0.25) is 5.02 Å². The molecule has 96 valence electrons. The van der Waals surface area contributed by atoms with Crippen LogP contribution in [-0.4, -0.2) is 16.8 Å². The maximum atomic E-state index is 6.18. The summed E-state index contributed by atoms with van der Waals surface area (Å²) in [4.78, 5) is 0. The van der Waals surface area contributed by atoms with Gasteiger partial charge < -0.3 is 5.32 Å². The van der Waals surface area contributed by atoms with Gasteiger partial charge in [0.2, 0.25) is 0 Å². The fourth-order valence-electron chi connectivity index (χ4n) is 1.97. The predicted molar refractivity (Wildman–Crippen MR) is 75.5 cm³/mol. The average Bonchev–Trinajstić information content (AvgIpc) is 2.66. The molecule has 1 unspecified atom stereocenters. The molecule has 0 aliphatic heterocycles. The van der Waals surface area contributed by atoms with Crippen LogP contribution < -0.4 is 5.32 Å². The lowest BCUT2D eigenvalue weighted by Gasteiger charge is -2.12. The molecule has 0 amide bonds. The highest BCUT2D eigenvalue weighted by Crippen LogP contribution is 2.23. The fourth-order valence-corrected chi connectivity index (χ4v) is 2.09. The molecule has 18 heavy (non-hydrogen) atoms. The van der Waals surface area contributed by atoms with Crippen LogP contribution >= 0.6 is 11.6 Å². The molecule has 2 rings (SSSR count). The lowest BCUT2D eigenvalue weighted by atomic mass is 10.1. The van der Waals surface area contributed by atoms with Gasteiger partial charge in [0.15, 0.2) is 0 Å². The minimum atomic E-state index is 0.317. The standard InChI is InChI=1S/C14H18ClN3/c1-9(16-4)12-6-5-7-13(8-12)18-11(3)14(15)10(2)17-18/h5-9,16H,1-4H3. The number of hydrogen-bond donors (Lipinski definition) is 1. The van der Waals surface area contributed by atoms with Gasteiger partial charge in [-0.15, -0.1) is 0 Å². The summed E-state index contributed by atoms with van der Waals surface area (Å²) in [6, 6.07) is 8.65. The van der Waals surface area contributed by atoms with Crippen molar-refractivity contribution in [1.29, 1.82) is 0 Å². The van der Waals surface area contributed by atoms with E-state index in [1.807, 2.05) is 37.7 Å². The van der Waals surface area contributed by atoms with E-state index >= 15 is 0 Å². The fraction of sp³-hybridized carbons (Fsp3) is 0.357. The number of rotatable bonds is 3. The Bertz CT molecular complexity index is 560. The van der Waals surface area contributed by atoms with Crippen LogP contribution in [0.15, 0.2) is 24.3 Å². The van der Waals surface area contributed by atoms with Crippen LogP contribution in [-0.2, 0) is 0 Å². The Kier molecular flexibility index (Phi) is 3.73. The third kappa shape index (κ3) is 2.28. The Labute approximate surface area is 113 Å². The molecule has 2 aromatic rings. The monoisotopic (exact) mass is 263 g/mol. The van der Waals surface area contributed by atoms with Crippen molar-refractivity contribution in [3.05, 3.63) is 46.2 Å². The number of nitrogens with zero attached hydrogens (tertiary/aromatic N) is 2. The van der Waals surface area contributed by atoms with Gasteiger partial charge in [0.25, 0.3) is 0 Å². The molecule has 0 fully saturated rings. The van der Waals surface area contributed by atoms with Gasteiger partial charge in [0, 0.05) is 6.04 Å². The molecule has 1 aromatic heterocycles. The summed E-state index contributed by atoms with van der Waals surface area (Å²) in [6.07, 6.45) is 0. The van der Waals surface area contributed by atoms with E-state index in [4.69, 9.17) is 11.6 Å². The van der Waals surface area contributed by atoms with Crippen molar-refractivity contribution < 1.29 is 0 Å². The molecule has 4 heteroatoms. The second kappa shape index (κ2) is 5.12. The third-order valence-corrected chi connectivity index (χ3v) is 3.80. The van der Waals surface area contributed by atoms with Gasteiger partial charge in [-0.1, -0.05) is 23.7 Å². The van der Waals surface area contributed by atoms with Crippen molar-refractivity contribution >= 4 is 11.6 Å². The van der Waals surface area contributed by atoms with Gasteiger partial charge in [0.1, 0.15) is 0 Å². The van der Waals surface area contributed by atoms with Crippen LogP contribution in [0, 0.1) is 13.8 Å². The second-order valence-corrected chi connectivity index (χ2v) is 4.88. The molecule has 1 atom stereocenters. The maximum Gasteiger partial charge on any atom is 0.0848 e. The van der Waals surface area contributed by atoms with Gasteiger partial charge in [-0.25, -0.2) is 4.68 Å². The smallest absolute Gasteiger partial charge is 0.0848 e. The molecule has 1 heterocycles. The van der Waals surface area contributed by atoms with E-state index in [9.17, 15) is 0 Å². The van der Waals surface area contributed by atoms with E-state index in [0.29, 0.717) is 6.04 Å². The Morgan fingerprint density at radius 3 is 2.61 bits per heavy atom. The maximum absolute atomic E-state index is 6.18. The van der Waals surface area contributed by atoms with E-state index in [1.54, 1.807) is 0 Å². The SMILES string of the molecule is CNC(C)c1cccc(-n2nc(C)c(Cl)c2C)c1. The lowest BCUT2D eigenvalue weighted by Crippen LogP contribution is -2.12. The predicted octanol–water partition coefficient (Wildman–Crippen LogP) is 3.42. The van der Waals surface area contributed by atoms with Crippen molar-refractivity contribution in [1.82, 2.24) is 15.1 Å². The molecule has 0 aliphatic rings. The Morgan fingerprint density at radius 2 is 2.06 bits per heavy atom. The summed E-state index contributed by atoms with van der Waals surface area (Å²) in [5.74, 6) is 0. The summed E-state index contributed by atoms with van der Waals surface area (Å²) in [7, 11) is 1.96. The van der Waals surface area contributed by atoms with Crippen molar-refractivity contribution in [2.75, 3.05) is 7.05 Å². The van der Waals surface area contributed by atoms with Crippen molar-refractivity contribution in [3.63, 3.8) is 0 Å². The first kappa shape index (κ1) is 13.1. The van der Waals surface area contributed by atoms with Gasteiger partial charge >= 0.3 is 0 Å². The van der Waals surface area contributed by atoms with Crippen LogP contribution in [0.5, 0.6) is 0 Å². The average molecular weight is 264 g/mol. The largest absolute Gasteiger partial charge is 0.313 e. The molecule has 0 saturated carbocycles. The van der Waals surface area contributed by atoms with E-state index in [0.717, 1.165) is 22.1 Å². The van der Waals surface area contributed by atoms with Crippen molar-refractivity contribution in [3.8, 4) is 5.69 Å². The molecular formula is C14H18ClN3. The molecule has 1 N–H and O–H groups in total. The zero-order valence-corrected chi connectivity index (χ0v) is 11.9. The summed E-state index contributed by atoms with van der Waals surface area (Å²) in [5.41, 5.74) is 4.12.